The summed E-state index contributed by atoms with van der Waals surface area (Å²) < 4.78 is 71.1. The van der Waals surface area contributed by atoms with Crippen LogP contribution < -0.4 is 5.56 Å². The van der Waals surface area contributed by atoms with E-state index < -0.39 is 46.0 Å². The molecule has 4 rings (SSSR count). The maximum absolute atomic E-state index is 13.5. The Balaban J connectivity index is 1.75. The van der Waals surface area contributed by atoms with Crippen molar-refractivity contribution in [2.24, 2.45) is 0 Å². The number of hydrogen-bond acceptors (Lipinski definition) is 6. The van der Waals surface area contributed by atoms with E-state index >= 15 is 0 Å². The highest BCUT2D eigenvalue weighted by Crippen LogP contribution is 2.31. The van der Waals surface area contributed by atoms with E-state index in [4.69, 9.17) is 4.18 Å². The Kier molecular flexibility index (Phi) is 7.04. The van der Waals surface area contributed by atoms with Gasteiger partial charge in [-0.15, -0.1) is 0 Å². The zero-order chi connectivity index (χ0) is 27.1. The van der Waals surface area contributed by atoms with Gasteiger partial charge in [0.25, 0.3) is 21.6 Å². The predicted octanol–water partition coefficient (Wildman–Crippen LogP) is 2.92. The Morgan fingerprint density at radius 2 is 1.89 bits per heavy atom. The van der Waals surface area contributed by atoms with Crippen molar-refractivity contribution in [3.8, 4) is 5.69 Å². The largest absolute Gasteiger partial charge is 0.416 e. The third-order valence-electron chi connectivity index (χ3n) is 6.04. The molecule has 2 aromatic heterocycles. The summed E-state index contributed by atoms with van der Waals surface area (Å²) in [6.07, 6.45) is 0.112. The number of rotatable bonds is 7. The molecule has 0 spiro atoms. The highest BCUT2D eigenvalue weighted by Gasteiger charge is 2.36. The highest BCUT2D eigenvalue weighted by molar-refractivity contribution is 7.85. The molecule has 37 heavy (non-hydrogen) atoms. The topological polar surface area (TPSA) is 103 Å². The summed E-state index contributed by atoms with van der Waals surface area (Å²) >= 11 is 0. The van der Waals surface area contributed by atoms with Crippen molar-refractivity contribution >= 4 is 16.0 Å². The summed E-state index contributed by atoms with van der Waals surface area (Å²) in [5.41, 5.74) is 0.250. The molecule has 13 heteroatoms. The van der Waals surface area contributed by atoms with Crippen LogP contribution in [0, 0.1) is 6.92 Å². The Morgan fingerprint density at radius 1 is 1.16 bits per heavy atom. The van der Waals surface area contributed by atoms with Gasteiger partial charge in [0.2, 0.25) is 0 Å². The van der Waals surface area contributed by atoms with Crippen molar-refractivity contribution in [1.82, 2.24) is 19.0 Å². The van der Waals surface area contributed by atoms with Gasteiger partial charge in [-0.25, -0.2) is 4.98 Å². The molecule has 1 aromatic carbocycles. The van der Waals surface area contributed by atoms with E-state index in [1.54, 1.807) is 10.8 Å². The number of imidazole rings is 1. The van der Waals surface area contributed by atoms with Crippen molar-refractivity contribution in [1.29, 1.82) is 0 Å². The fourth-order valence-corrected chi connectivity index (χ4v) is 4.70. The number of aromatic nitrogens is 3. The van der Waals surface area contributed by atoms with E-state index in [1.807, 2.05) is 6.92 Å². The lowest BCUT2D eigenvalue weighted by molar-refractivity contribution is -0.137. The standard InChI is InChI=1S/C24H25F3N4O5S/c1-4-18-11-29(14-28-18)20-5-6-21-23(33)30(10-16-7-15(2)8-17(9-16)24(25,26)27)19(12-31(21)22(20)32)13-36-37(3,34)35/h5-9,11,14,19H,4,10,12-13H2,1-3H3. The molecule has 0 bridgehead atoms. The van der Waals surface area contributed by atoms with Crippen molar-refractivity contribution in [3.63, 3.8) is 0 Å². The van der Waals surface area contributed by atoms with Crippen LogP contribution in [0.3, 0.4) is 0 Å². The molecule has 0 N–H and O–H groups in total. The Labute approximate surface area is 211 Å². The lowest BCUT2D eigenvalue weighted by Crippen LogP contribution is -2.52. The monoisotopic (exact) mass is 538 g/mol. The average molecular weight is 539 g/mol. The maximum Gasteiger partial charge on any atom is 0.416 e. The molecule has 9 nitrogen and oxygen atoms in total. The smallest absolute Gasteiger partial charge is 0.326 e. The van der Waals surface area contributed by atoms with E-state index in [-0.39, 0.29) is 30.0 Å². The van der Waals surface area contributed by atoms with Crippen molar-refractivity contribution in [3.05, 3.63) is 81.3 Å². The second-order valence-electron chi connectivity index (χ2n) is 8.93. The SMILES string of the molecule is CCc1cn(-c2ccc3n(c2=O)CC(COS(C)(=O)=O)N(Cc2cc(C)cc(C(F)(F)F)c2)C3=O)cn1. The lowest BCUT2D eigenvalue weighted by atomic mass is 10.0. The molecule has 3 aromatic rings. The number of amides is 1. The fourth-order valence-electron chi connectivity index (χ4n) is 4.29. The van der Waals surface area contributed by atoms with Crippen LogP contribution in [0.25, 0.3) is 5.69 Å². The molecule has 0 saturated heterocycles. The number of halogens is 3. The molecule has 1 amide bonds. The quantitative estimate of drug-likeness (QED) is 0.429. The van der Waals surface area contributed by atoms with Crippen LogP contribution in [0.2, 0.25) is 0 Å². The molecule has 198 valence electrons. The molecule has 1 unspecified atom stereocenters. The van der Waals surface area contributed by atoms with Gasteiger partial charge < -0.3 is 9.47 Å². The summed E-state index contributed by atoms with van der Waals surface area (Å²) in [5.74, 6) is -0.632. The number of fused-ring (bicyclic) bond motifs is 1. The normalized spacial score (nSPS) is 16.2. The van der Waals surface area contributed by atoms with Crippen LogP contribution in [-0.4, -0.2) is 52.2 Å². The number of hydrogen-bond donors (Lipinski definition) is 0. The minimum atomic E-state index is -4.58. The van der Waals surface area contributed by atoms with Gasteiger partial charge in [0.1, 0.15) is 11.4 Å². The molecule has 1 aliphatic rings. The van der Waals surface area contributed by atoms with Crippen LogP contribution in [0.4, 0.5) is 13.2 Å². The number of aryl methyl sites for hydroxylation is 2. The Hall–Kier alpha value is -3.45. The van der Waals surface area contributed by atoms with Crippen molar-refractivity contribution in [2.75, 3.05) is 12.9 Å². The third kappa shape index (κ3) is 5.77. The molecule has 3 heterocycles. The molecule has 0 aliphatic carbocycles. The number of nitrogens with zero attached hydrogens (tertiary/aromatic N) is 4. The zero-order valence-electron chi connectivity index (χ0n) is 20.3. The first-order valence-electron chi connectivity index (χ1n) is 11.4. The second-order valence-corrected chi connectivity index (χ2v) is 10.6. The van der Waals surface area contributed by atoms with E-state index in [9.17, 15) is 31.2 Å². The van der Waals surface area contributed by atoms with Crippen molar-refractivity contribution < 1.29 is 30.6 Å². The first-order chi connectivity index (χ1) is 17.3. The second kappa shape index (κ2) is 9.78. The minimum absolute atomic E-state index is 0.0314. The number of pyridine rings is 1. The van der Waals surface area contributed by atoms with Gasteiger partial charge in [-0.3, -0.25) is 18.3 Å². The molecule has 0 saturated carbocycles. The molecule has 1 atom stereocenters. The van der Waals surface area contributed by atoms with Crippen LogP contribution in [-0.2, 0) is 40.0 Å². The molecule has 0 radical (unpaired) electrons. The number of carbonyl (C=O) groups excluding carboxylic acids is 1. The van der Waals surface area contributed by atoms with Gasteiger partial charge in [0.05, 0.1) is 36.5 Å². The summed E-state index contributed by atoms with van der Waals surface area (Å²) in [6, 6.07) is 5.47. The zero-order valence-corrected chi connectivity index (χ0v) is 21.1. The van der Waals surface area contributed by atoms with E-state index in [0.717, 1.165) is 24.1 Å². The van der Waals surface area contributed by atoms with Gasteiger partial charge in [0.15, 0.2) is 0 Å². The van der Waals surface area contributed by atoms with E-state index in [1.165, 1.54) is 40.9 Å². The molecule has 0 fully saturated rings. The number of benzene rings is 1. The maximum atomic E-state index is 13.5. The Bertz CT molecular complexity index is 1510. The molecular weight excluding hydrogens is 513 g/mol. The summed E-state index contributed by atoms with van der Waals surface area (Å²) in [7, 11) is -3.90. The van der Waals surface area contributed by atoms with Crippen LogP contribution in [0.5, 0.6) is 0 Å². The molecule has 1 aliphatic heterocycles. The summed E-state index contributed by atoms with van der Waals surface area (Å²) in [4.78, 5) is 32.3. The lowest BCUT2D eigenvalue weighted by Gasteiger charge is -2.37. The van der Waals surface area contributed by atoms with Gasteiger partial charge in [-0.05, 0) is 43.2 Å². The Morgan fingerprint density at radius 3 is 2.51 bits per heavy atom. The average Bonchev–Trinajstić information content (AvgIpc) is 3.28. The summed E-state index contributed by atoms with van der Waals surface area (Å²) in [6.45, 7) is 2.61. The van der Waals surface area contributed by atoms with Crippen molar-refractivity contribution in [2.45, 2.75) is 45.6 Å². The van der Waals surface area contributed by atoms with Gasteiger partial charge >= 0.3 is 6.18 Å². The third-order valence-corrected chi connectivity index (χ3v) is 6.60. The summed E-state index contributed by atoms with van der Waals surface area (Å²) in [5, 5.41) is 0. The van der Waals surface area contributed by atoms with Crippen LogP contribution in [0.1, 0.15) is 39.8 Å². The van der Waals surface area contributed by atoms with Gasteiger partial charge in [-0.1, -0.05) is 18.6 Å². The van der Waals surface area contributed by atoms with E-state index in [0.29, 0.717) is 12.0 Å². The highest BCUT2D eigenvalue weighted by atomic mass is 32.2. The first kappa shape index (κ1) is 26.6. The van der Waals surface area contributed by atoms with E-state index in [2.05, 4.69) is 4.98 Å². The van der Waals surface area contributed by atoms with Gasteiger partial charge in [-0.2, -0.15) is 21.6 Å². The first-order valence-corrected chi connectivity index (χ1v) is 13.2. The van der Waals surface area contributed by atoms with Gasteiger partial charge in [0, 0.05) is 19.3 Å². The molecular formula is C24H25F3N4O5S. The fraction of sp³-hybridized carbons (Fsp3) is 0.375. The number of carbonyl (C=O) groups is 1. The minimum Gasteiger partial charge on any atom is -0.326 e. The van der Waals surface area contributed by atoms with Crippen LogP contribution in [0.15, 0.2) is 47.7 Å². The predicted molar refractivity (Wildman–Crippen MR) is 128 cm³/mol. The van der Waals surface area contributed by atoms with Crippen LogP contribution >= 0.6 is 0 Å². The number of alkyl halides is 3.